The van der Waals surface area contributed by atoms with Crippen LogP contribution in [0, 0.1) is 11.6 Å². The summed E-state index contributed by atoms with van der Waals surface area (Å²) in [5, 5.41) is 0. The van der Waals surface area contributed by atoms with Crippen LogP contribution in [0.2, 0.25) is 0 Å². The normalized spacial score (nSPS) is 11.6. The number of nitrogen functional groups attached to an aromatic ring is 1. The Morgan fingerprint density at radius 1 is 1.45 bits per heavy atom. The standard InChI is InChI=1S/C12H16F2N2O3S/c1-8(2)7-19-6-5-16-20(17,18)10-4-3-9(13)12(15)11(10)14/h3-4,16H,1,5-7,15H2,2H3. The number of nitrogens with two attached hydrogens (primary N) is 1. The first-order valence-electron chi connectivity index (χ1n) is 5.71. The Morgan fingerprint density at radius 2 is 2.10 bits per heavy atom. The smallest absolute Gasteiger partial charge is 0.243 e. The SMILES string of the molecule is C=C(C)COCCNS(=O)(=O)c1ccc(F)c(N)c1F. The van der Waals surface area contributed by atoms with E-state index in [1.54, 1.807) is 6.92 Å². The lowest BCUT2D eigenvalue weighted by Gasteiger charge is -2.09. The maximum atomic E-state index is 13.6. The van der Waals surface area contributed by atoms with Crippen LogP contribution in [0.4, 0.5) is 14.5 Å². The van der Waals surface area contributed by atoms with Crippen LogP contribution >= 0.6 is 0 Å². The molecule has 112 valence electrons. The molecule has 0 atom stereocenters. The summed E-state index contributed by atoms with van der Waals surface area (Å²) in [6.45, 7) is 5.74. The van der Waals surface area contributed by atoms with Gasteiger partial charge in [-0.3, -0.25) is 0 Å². The second-order valence-electron chi connectivity index (χ2n) is 4.18. The number of nitrogens with one attached hydrogen (secondary N) is 1. The molecular formula is C12H16F2N2O3S. The molecule has 0 aromatic heterocycles. The average molecular weight is 306 g/mol. The first kappa shape index (κ1) is 16.5. The third-order valence-corrected chi connectivity index (χ3v) is 3.75. The molecule has 8 heteroatoms. The fraction of sp³-hybridized carbons (Fsp3) is 0.333. The van der Waals surface area contributed by atoms with Crippen molar-refractivity contribution in [3.8, 4) is 0 Å². The molecular weight excluding hydrogens is 290 g/mol. The molecule has 0 aliphatic rings. The molecule has 1 rings (SSSR count). The topological polar surface area (TPSA) is 81.4 Å². The Bertz CT molecular complexity index is 603. The lowest BCUT2D eigenvalue weighted by Crippen LogP contribution is -2.28. The van der Waals surface area contributed by atoms with Gasteiger partial charge in [0.1, 0.15) is 16.4 Å². The summed E-state index contributed by atoms with van der Waals surface area (Å²) >= 11 is 0. The largest absolute Gasteiger partial charge is 0.394 e. The summed E-state index contributed by atoms with van der Waals surface area (Å²) in [4.78, 5) is -0.698. The van der Waals surface area contributed by atoms with E-state index in [-0.39, 0.29) is 13.2 Å². The second-order valence-corrected chi connectivity index (χ2v) is 5.92. The molecule has 0 saturated carbocycles. The van der Waals surface area contributed by atoms with Gasteiger partial charge in [-0.05, 0) is 19.1 Å². The summed E-state index contributed by atoms with van der Waals surface area (Å²) in [6, 6.07) is 1.61. The van der Waals surface area contributed by atoms with E-state index in [4.69, 9.17) is 10.5 Å². The number of hydrogen-bond donors (Lipinski definition) is 2. The van der Waals surface area contributed by atoms with E-state index in [2.05, 4.69) is 11.3 Å². The molecule has 0 aliphatic heterocycles. The van der Waals surface area contributed by atoms with Gasteiger partial charge in [0.05, 0.1) is 13.2 Å². The monoisotopic (exact) mass is 306 g/mol. The van der Waals surface area contributed by atoms with Crippen molar-refractivity contribution >= 4 is 15.7 Å². The van der Waals surface area contributed by atoms with E-state index < -0.39 is 32.2 Å². The van der Waals surface area contributed by atoms with Crippen LogP contribution < -0.4 is 10.5 Å². The summed E-state index contributed by atoms with van der Waals surface area (Å²) in [5.41, 5.74) is 5.08. The molecule has 0 bridgehead atoms. The first-order valence-corrected chi connectivity index (χ1v) is 7.19. The Labute approximate surface area is 116 Å². The van der Waals surface area contributed by atoms with Crippen molar-refractivity contribution < 1.29 is 21.9 Å². The van der Waals surface area contributed by atoms with Crippen LogP contribution in [0.3, 0.4) is 0 Å². The molecule has 3 N–H and O–H groups in total. The van der Waals surface area contributed by atoms with Crippen molar-refractivity contribution in [1.29, 1.82) is 0 Å². The van der Waals surface area contributed by atoms with Gasteiger partial charge in [-0.25, -0.2) is 21.9 Å². The van der Waals surface area contributed by atoms with Gasteiger partial charge in [0.25, 0.3) is 0 Å². The number of hydrogen-bond acceptors (Lipinski definition) is 4. The fourth-order valence-electron chi connectivity index (χ4n) is 1.33. The van der Waals surface area contributed by atoms with Crippen molar-refractivity contribution in [1.82, 2.24) is 4.72 Å². The lowest BCUT2D eigenvalue weighted by molar-refractivity contribution is 0.162. The van der Waals surface area contributed by atoms with Crippen LogP contribution in [0.15, 0.2) is 29.2 Å². The summed E-state index contributed by atoms with van der Waals surface area (Å²) in [7, 11) is -4.11. The van der Waals surface area contributed by atoms with Crippen LogP contribution in [0.1, 0.15) is 6.92 Å². The highest BCUT2D eigenvalue weighted by Gasteiger charge is 2.22. The highest BCUT2D eigenvalue weighted by Crippen LogP contribution is 2.22. The van der Waals surface area contributed by atoms with Gasteiger partial charge < -0.3 is 10.5 Å². The van der Waals surface area contributed by atoms with E-state index in [0.29, 0.717) is 6.61 Å². The van der Waals surface area contributed by atoms with Crippen molar-refractivity contribution in [2.24, 2.45) is 0 Å². The van der Waals surface area contributed by atoms with Gasteiger partial charge in [0.15, 0.2) is 5.82 Å². The molecule has 1 aromatic carbocycles. The number of sulfonamides is 1. The highest BCUT2D eigenvalue weighted by molar-refractivity contribution is 7.89. The lowest BCUT2D eigenvalue weighted by atomic mass is 10.3. The van der Waals surface area contributed by atoms with Gasteiger partial charge >= 0.3 is 0 Å². The van der Waals surface area contributed by atoms with Crippen LogP contribution in [0.25, 0.3) is 0 Å². The first-order chi connectivity index (χ1) is 9.25. The van der Waals surface area contributed by atoms with E-state index in [9.17, 15) is 17.2 Å². The van der Waals surface area contributed by atoms with Crippen molar-refractivity contribution in [2.45, 2.75) is 11.8 Å². The Hall–Kier alpha value is -1.51. The average Bonchev–Trinajstić information content (AvgIpc) is 2.34. The third kappa shape index (κ3) is 4.26. The van der Waals surface area contributed by atoms with Crippen LogP contribution in [0.5, 0.6) is 0 Å². The van der Waals surface area contributed by atoms with Gasteiger partial charge in [0, 0.05) is 6.54 Å². The fourth-order valence-corrected chi connectivity index (χ4v) is 2.43. The number of rotatable bonds is 7. The van der Waals surface area contributed by atoms with Crippen LogP contribution in [-0.4, -0.2) is 28.2 Å². The van der Waals surface area contributed by atoms with Gasteiger partial charge in [-0.1, -0.05) is 12.2 Å². The zero-order valence-electron chi connectivity index (χ0n) is 10.9. The van der Waals surface area contributed by atoms with E-state index in [1.165, 1.54) is 0 Å². The molecule has 20 heavy (non-hydrogen) atoms. The molecule has 0 spiro atoms. The van der Waals surface area contributed by atoms with Gasteiger partial charge in [0.2, 0.25) is 10.0 Å². The minimum Gasteiger partial charge on any atom is -0.394 e. The number of halogens is 2. The van der Waals surface area contributed by atoms with Crippen molar-refractivity contribution in [3.05, 3.63) is 35.9 Å². The van der Waals surface area contributed by atoms with E-state index in [1.807, 2.05) is 0 Å². The van der Waals surface area contributed by atoms with Crippen LogP contribution in [-0.2, 0) is 14.8 Å². The molecule has 0 amide bonds. The molecule has 0 radical (unpaired) electrons. The maximum Gasteiger partial charge on any atom is 0.243 e. The Kier molecular flexibility index (Phi) is 5.61. The Balaban J connectivity index is 2.70. The Morgan fingerprint density at radius 3 is 2.70 bits per heavy atom. The minimum atomic E-state index is -4.11. The molecule has 0 unspecified atom stereocenters. The van der Waals surface area contributed by atoms with E-state index in [0.717, 1.165) is 17.7 Å². The highest BCUT2D eigenvalue weighted by atomic mass is 32.2. The second kappa shape index (κ2) is 6.78. The molecule has 0 saturated heterocycles. The number of benzene rings is 1. The predicted octanol–water partition coefficient (Wildman–Crippen LogP) is 1.42. The quantitative estimate of drug-likeness (QED) is 0.453. The molecule has 0 heterocycles. The number of anilines is 1. The van der Waals surface area contributed by atoms with Crippen molar-refractivity contribution in [3.63, 3.8) is 0 Å². The third-order valence-electron chi connectivity index (χ3n) is 2.27. The minimum absolute atomic E-state index is 0.0493. The zero-order chi connectivity index (χ0) is 15.3. The zero-order valence-corrected chi connectivity index (χ0v) is 11.8. The molecule has 0 aliphatic carbocycles. The van der Waals surface area contributed by atoms with Crippen molar-refractivity contribution in [2.75, 3.05) is 25.5 Å². The molecule has 1 aromatic rings. The molecule has 0 fully saturated rings. The summed E-state index contributed by atoms with van der Waals surface area (Å²) in [6.07, 6.45) is 0. The van der Waals surface area contributed by atoms with Gasteiger partial charge in [-0.2, -0.15) is 0 Å². The predicted molar refractivity (Wildman–Crippen MR) is 71.6 cm³/mol. The maximum absolute atomic E-state index is 13.6. The van der Waals surface area contributed by atoms with Gasteiger partial charge in [-0.15, -0.1) is 0 Å². The summed E-state index contributed by atoms with van der Waals surface area (Å²) in [5.74, 6) is -2.31. The van der Waals surface area contributed by atoms with E-state index >= 15 is 0 Å². The summed E-state index contributed by atoms with van der Waals surface area (Å²) < 4.78 is 57.4. The number of ether oxygens (including phenoxy) is 1. The molecule has 5 nitrogen and oxygen atoms in total.